The molecule has 6 nitrogen and oxygen atoms in total. The highest BCUT2D eigenvalue weighted by Crippen LogP contribution is 2.32. The summed E-state index contributed by atoms with van der Waals surface area (Å²) in [5.41, 5.74) is 1.99. The zero-order valence-electron chi connectivity index (χ0n) is 17.5. The van der Waals surface area contributed by atoms with Crippen LogP contribution in [0.1, 0.15) is 12.8 Å². The van der Waals surface area contributed by atoms with Crippen molar-refractivity contribution in [1.29, 1.82) is 0 Å². The van der Waals surface area contributed by atoms with Gasteiger partial charge in [-0.2, -0.15) is 0 Å². The molecule has 8 heteroatoms. The van der Waals surface area contributed by atoms with E-state index in [-0.39, 0.29) is 11.7 Å². The monoisotopic (exact) mass is 457 g/mol. The van der Waals surface area contributed by atoms with E-state index < -0.39 is 0 Å². The molecule has 1 atom stereocenters. The first-order valence-corrected chi connectivity index (χ1v) is 12.7. The molecular formula is C23H27N3O3S2. The molecule has 2 fully saturated rings. The molecule has 2 aromatic heterocycles. The van der Waals surface area contributed by atoms with Crippen molar-refractivity contribution in [2.75, 3.05) is 45.2 Å². The van der Waals surface area contributed by atoms with Crippen LogP contribution in [-0.4, -0.2) is 65.8 Å². The molecule has 3 aromatic rings. The molecular weight excluding hydrogens is 430 g/mol. The van der Waals surface area contributed by atoms with Crippen molar-refractivity contribution in [2.24, 2.45) is 0 Å². The van der Waals surface area contributed by atoms with Gasteiger partial charge in [0.15, 0.2) is 5.16 Å². The van der Waals surface area contributed by atoms with E-state index in [1.54, 1.807) is 23.1 Å². The summed E-state index contributed by atoms with van der Waals surface area (Å²) in [6, 6.07) is 12.3. The molecule has 0 amide bonds. The molecule has 0 radical (unpaired) electrons. The SMILES string of the molecule is O=c1c2sc(-c3ccccc3)cc2nc(SCC2CCCO2)n1CCN1CCOCC1. The number of rotatable bonds is 7. The number of hydrogen-bond donors (Lipinski definition) is 0. The van der Waals surface area contributed by atoms with Crippen LogP contribution in [0.3, 0.4) is 0 Å². The average Bonchev–Trinajstić information content (AvgIpc) is 3.49. The Kier molecular flexibility index (Phi) is 6.71. The van der Waals surface area contributed by atoms with Crippen molar-refractivity contribution in [3.63, 3.8) is 0 Å². The second-order valence-electron chi connectivity index (χ2n) is 7.94. The van der Waals surface area contributed by atoms with Gasteiger partial charge in [0, 0.05) is 43.4 Å². The zero-order valence-corrected chi connectivity index (χ0v) is 19.1. The summed E-state index contributed by atoms with van der Waals surface area (Å²) in [4.78, 5) is 21.9. The lowest BCUT2D eigenvalue weighted by Gasteiger charge is -2.27. The van der Waals surface area contributed by atoms with Crippen LogP contribution in [0.5, 0.6) is 0 Å². The summed E-state index contributed by atoms with van der Waals surface area (Å²) in [5, 5.41) is 0.804. The van der Waals surface area contributed by atoms with E-state index in [9.17, 15) is 4.79 Å². The Labute approximate surface area is 190 Å². The summed E-state index contributed by atoms with van der Waals surface area (Å²) in [6.45, 7) is 5.68. The van der Waals surface area contributed by atoms with Gasteiger partial charge in [-0.25, -0.2) is 4.98 Å². The third-order valence-corrected chi connectivity index (χ3v) is 8.09. The number of aromatic nitrogens is 2. The fourth-order valence-electron chi connectivity index (χ4n) is 4.05. The number of thioether (sulfide) groups is 1. The van der Waals surface area contributed by atoms with E-state index in [1.165, 1.54) is 0 Å². The first-order valence-electron chi connectivity index (χ1n) is 10.9. The summed E-state index contributed by atoms with van der Waals surface area (Å²) >= 11 is 3.19. The lowest BCUT2D eigenvalue weighted by Crippen LogP contribution is -2.39. The Morgan fingerprint density at radius 1 is 1.13 bits per heavy atom. The highest BCUT2D eigenvalue weighted by atomic mass is 32.2. The normalized spacial score (nSPS) is 19.9. The molecule has 0 aliphatic carbocycles. The molecule has 4 heterocycles. The van der Waals surface area contributed by atoms with Crippen LogP contribution in [0.4, 0.5) is 0 Å². The van der Waals surface area contributed by atoms with Gasteiger partial charge in [-0.05, 0) is 24.5 Å². The van der Waals surface area contributed by atoms with Crippen molar-refractivity contribution >= 4 is 33.3 Å². The summed E-state index contributed by atoms with van der Waals surface area (Å²) in [6.07, 6.45) is 2.46. The first kappa shape index (κ1) is 21.2. The maximum Gasteiger partial charge on any atom is 0.272 e. The van der Waals surface area contributed by atoms with Crippen molar-refractivity contribution in [1.82, 2.24) is 14.5 Å². The molecule has 0 bridgehead atoms. The van der Waals surface area contributed by atoms with Crippen LogP contribution in [-0.2, 0) is 16.0 Å². The van der Waals surface area contributed by atoms with Crippen LogP contribution in [0.2, 0.25) is 0 Å². The lowest BCUT2D eigenvalue weighted by molar-refractivity contribution is 0.0359. The first-order chi connectivity index (χ1) is 15.3. The fourth-order valence-corrected chi connectivity index (χ4v) is 6.19. The zero-order chi connectivity index (χ0) is 21.0. The van der Waals surface area contributed by atoms with Crippen molar-refractivity contribution in [3.05, 3.63) is 46.8 Å². The van der Waals surface area contributed by atoms with Gasteiger partial charge in [-0.1, -0.05) is 42.1 Å². The maximum atomic E-state index is 13.5. The minimum atomic E-state index is 0.0697. The Morgan fingerprint density at radius 3 is 2.74 bits per heavy atom. The Morgan fingerprint density at radius 2 is 1.97 bits per heavy atom. The topological polar surface area (TPSA) is 56.6 Å². The van der Waals surface area contributed by atoms with E-state index in [0.717, 1.165) is 83.9 Å². The molecule has 164 valence electrons. The van der Waals surface area contributed by atoms with E-state index in [4.69, 9.17) is 14.5 Å². The van der Waals surface area contributed by atoms with Crippen LogP contribution in [0, 0.1) is 0 Å². The second-order valence-corrected chi connectivity index (χ2v) is 9.98. The predicted octanol–water partition coefficient (Wildman–Crippen LogP) is 3.73. The summed E-state index contributed by atoms with van der Waals surface area (Å²) < 4.78 is 13.9. The Hall–Kier alpha value is -1.71. The van der Waals surface area contributed by atoms with Gasteiger partial charge in [0.1, 0.15) is 4.70 Å². The molecule has 0 spiro atoms. The van der Waals surface area contributed by atoms with Crippen LogP contribution >= 0.6 is 23.1 Å². The van der Waals surface area contributed by atoms with Gasteiger partial charge in [-0.15, -0.1) is 11.3 Å². The summed E-state index contributed by atoms with van der Waals surface area (Å²) in [5.74, 6) is 0.838. The molecule has 2 aliphatic heterocycles. The highest BCUT2D eigenvalue weighted by Gasteiger charge is 2.20. The Bertz CT molecular complexity index is 1070. The molecule has 1 unspecified atom stereocenters. The minimum Gasteiger partial charge on any atom is -0.379 e. The largest absolute Gasteiger partial charge is 0.379 e. The summed E-state index contributed by atoms with van der Waals surface area (Å²) in [7, 11) is 0. The molecule has 0 N–H and O–H groups in total. The number of morpholine rings is 1. The number of hydrogen-bond acceptors (Lipinski definition) is 7. The van der Waals surface area contributed by atoms with E-state index >= 15 is 0 Å². The molecule has 5 rings (SSSR count). The van der Waals surface area contributed by atoms with Crippen LogP contribution in [0.15, 0.2) is 46.3 Å². The minimum absolute atomic E-state index is 0.0697. The number of ether oxygens (including phenoxy) is 2. The van der Waals surface area contributed by atoms with Gasteiger partial charge in [0.25, 0.3) is 5.56 Å². The molecule has 2 saturated heterocycles. The maximum absolute atomic E-state index is 13.5. The molecule has 2 aliphatic rings. The average molecular weight is 458 g/mol. The fraction of sp³-hybridized carbons (Fsp3) is 0.478. The number of thiophene rings is 1. The smallest absolute Gasteiger partial charge is 0.272 e. The van der Waals surface area contributed by atoms with Gasteiger partial charge < -0.3 is 9.47 Å². The second kappa shape index (κ2) is 9.83. The van der Waals surface area contributed by atoms with Crippen LogP contribution in [0.25, 0.3) is 20.7 Å². The van der Waals surface area contributed by atoms with Gasteiger partial charge in [0.05, 0.1) is 24.8 Å². The predicted molar refractivity (Wildman–Crippen MR) is 126 cm³/mol. The number of fused-ring (bicyclic) bond motifs is 1. The number of nitrogens with zero attached hydrogens (tertiary/aromatic N) is 3. The van der Waals surface area contributed by atoms with Gasteiger partial charge >= 0.3 is 0 Å². The Balaban J connectivity index is 1.46. The number of benzene rings is 1. The van der Waals surface area contributed by atoms with E-state index in [0.29, 0.717) is 6.54 Å². The van der Waals surface area contributed by atoms with Gasteiger partial charge in [-0.3, -0.25) is 14.3 Å². The molecule has 1 aromatic carbocycles. The quantitative estimate of drug-likeness (QED) is 0.398. The third-order valence-electron chi connectivity index (χ3n) is 5.82. The highest BCUT2D eigenvalue weighted by molar-refractivity contribution is 7.99. The van der Waals surface area contributed by atoms with Crippen molar-refractivity contribution < 1.29 is 9.47 Å². The molecule has 0 saturated carbocycles. The lowest BCUT2D eigenvalue weighted by atomic mass is 10.2. The third kappa shape index (κ3) is 4.88. The van der Waals surface area contributed by atoms with E-state index in [1.807, 2.05) is 22.8 Å². The van der Waals surface area contributed by atoms with Crippen molar-refractivity contribution in [3.8, 4) is 10.4 Å². The van der Waals surface area contributed by atoms with Crippen molar-refractivity contribution in [2.45, 2.75) is 30.6 Å². The van der Waals surface area contributed by atoms with Crippen LogP contribution < -0.4 is 5.56 Å². The van der Waals surface area contributed by atoms with E-state index in [2.05, 4.69) is 23.1 Å². The van der Waals surface area contributed by atoms with Gasteiger partial charge in [0.2, 0.25) is 0 Å². The molecule has 31 heavy (non-hydrogen) atoms. The standard InChI is InChI=1S/C23H27N3O3S2/c27-22-21-19(15-20(31-21)17-5-2-1-3-6-17)24-23(30-16-18-7-4-12-29-18)26(22)9-8-25-10-13-28-14-11-25/h1-3,5-6,15,18H,4,7-14,16H2.